The van der Waals surface area contributed by atoms with E-state index in [-0.39, 0.29) is 0 Å². The molecule has 1 atom stereocenters. The molecule has 0 bridgehead atoms. The molecule has 0 aromatic rings. The first-order valence-electron chi connectivity index (χ1n) is 0.973. The summed E-state index contributed by atoms with van der Waals surface area (Å²) in [5.41, 5.74) is 0. The fraction of sp³-hybridized carbons (Fsp3) is 1.00. The first-order valence-corrected chi connectivity index (χ1v) is 3.34. The van der Waals surface area contributed by atoms with Crippen molar-refractivity contribution in [2.45, 2.75) is 0 Å². The maximum absolute atomic E-state index is 9.38. The van der Waals surface area contributed by atoms with Gasteiger partial charge in [-0.05, 0) is 0 Å². The number of hydrogen-bond donors (Lipinski definition) is 1. The van der Waals surface area contributed by atoms with Crippen LogP contribution < -0.4 is 0 Å². The molecule has 31 valence electrons. The Hall–Kier alpha value is 0.278. The Bertz CT molecular complexity index is 42.2. The van der Waals surface area contributed by atoms with Gasteiger partial charge in [-0.25, -0.2) is 0 Å². The van der Waals surface area contributed by atoms with Gasteiger partial charge in [0.15, 0.2) is 0 Å². The van der Waals surface area contributed by atoms with E-state index in [1.807, 2.05) is 0 Å². The van der Waals surface area contributed by atoms with Crippen molar-refractivity contribution < 1.29 is 11.6 Å². The Morgan fingerprint density at radius 2 is 2.20 bits per heavy atom. The van der Waals surface area contributed by atoms with Crippen LogP contribution in [0.15, 0.2) is 0 Å². The molecule has 1 unspecified atom stereocenters. The molecule has 1 radical (unpaired) electrons. The minimum absolute atomic E-state index is 1.20. The molecular weight excluding hydrogens is 135 g/mol. The van der Waals surface area contributed by atoms with E-state index in [0.29, 0.717) is 0 Å². The van der Waals surface area contributed by atoms with Crippen molar-refractivity contribution >= 4 is 15.3 Å². The van der Waals surface area contributed by atoms with Gasteiger partial charge in [-0.2, -0.15) is 0 Å². The van der Waals surface area contributed by atoms with E-state index in [1.165, 1.54) is 7.11 Å². The van der Waals surface area contributed by atoms with E-state index in [4.69, 9.17) is 4.10 Å². The summed E-state index contributed by atoms with van der Waals surface area (Å²) in [4.78, 5) is 0. The van der Waals surface area contributed by atoms with E-state index in [1.54, 1.807) is 0 Å². The summed E-state index contributed by atoms with van der Waals surface area (Å²) >= 11 is -2.95. The molecular formula is CH4AsO3. The van der Waals surface area contributed by atoms with Crippen molar-refractivity contribution in [2.75, 3.05) is 7.11 Å². The SMILES string of the molecule is CO[As](=O)O. The van der Waals surface area contributed by atoms with Gasteiger partial charge in [-0.3, -0.25) is 0 Å². The molecule has 0 saturated heterocycles. The Kier molecular flexibility index (Phi) is 2.65. The minimum atomic E-state index is -2.95. The molecule has 0 aliphatic rings. The van der Waals surface area contributed by atoms with Crippen LogP contribution in [0.3, 0.4) is 0 Å². The first kappa shape index (κ1) is 5.28. The third-order valence-corrected chi connectivity index (χ3v) is 0.812. The molecule has 0 spiro atoms. The van der Waals surface area contributed by atoms with Gasteiger partial charge in [0.05, 0.1) is 0 Å². The maximum atomic E-state index is 9.38. The van der Waals surface area contributed by atoms with Crippen LogP contribution in [0.2, 0.25) is 0 Å². The molecule has 0 aromatic carbocycles. The van der Waals surface area contributed by atoms with E-state index >= 15 is 0 Å². The average Bonchev–Trinajstić information content (AvgIpc) is 1.38. The molecule has 3 nitrogen and oxygen atoms in total. The molecule has 0 fully saturated rings. The predicted molar refractivity (Wildman–Crippen MR) is 15.7 cm³/mol. The Morgan fingerprint density at radius 3 is 2.20 bits per heavy atom. The van der Waals surface area contributed by atoms with Crippen molar-refractivity contribution in [1.29, 1.82) is 0 Å². The summed E-state index contributed by atoms with van der Waals surface area (Å²) < 4.78 is 21.0. The Balaban J connectivity index is 2.85. The molecule has 5 heavy (non-hydrogen) atoms. The molecule has 0 heterocycles. The second-order valence-corrected chi connectivity index (χ2v) is 2.18. The fourth-order valence-electron chi connectivity index (χ4n) is 0. The van der Waals surface area contributed by atoms with Gasteiger partial charge in [0.1, 0.15) is 0 Å². The van der Waals surface area contributed by atoms with Gasteiger partial charge < -0.3 is 0 Å². The third kappa shape index (κ3) is 4.28. The Labute approximate surface area is 34.8 Å². The molecule has 0 saturated carbocycles. The summed E-state index contributed by atoms with van der Waals surface area (Å²) in [6, 6.07) is 0. The predicted octanol–water partition coefficient (Wildman–Crippen LogP) is -0.960. The first-order chi connectivity index (χ1) is 2.27. The van der Waals surface area contributed by atoms with E-state index < -0.39 is 15.3 Å². The van der Waals surface area contributed by atoms with Gasteiger partial charge >= 0.3 is 33.9 Å². The fourth-order valence-corrected chi connectivity index (χ4v) is 0. The van der Waals surface area contributed by atoms with Crippen LogP contribution in [0.25, 0.3) is 0 Å². The van der Waals surface area contributed by atoms with Gasteiger partial charge in [0.2, 0.25) is 0 Å². The molecule has 0 rings (SSSR count). The molecule has 0 amide bonds. The molecule has 0 aromatic heterocycles. The van der Waals surface area contributed by atoms with Crippen molar-refractivity contribution in [1.82, 2.24) is 0 Å². The molecule has 0 aliphatic carbocycles. The van der Waals surface area contributed by atoms with E-state index in [2.05, 4.69) is 3.73 Å². The van der Waals surface area contributed by atoms with Crippen molar-refractivity contribution in [3.8, 4) is 0 Å². The van der Waals surface area contributed by atoms with Crippen LogP contribution in [0.5, 0.6) is 0 Å². The quantitative estimate of drug-likeness (QED) is 0.476. The summed E-state index contributed by atoms with van der Waals surface area (Å²) in [5, 5.41) is 0. The van der Waals surface area contributed by atoms with E-state index in [9.17, 15) is 3.74 Å². The van der Waals surface area contributed by atoms with Crippen LogP contribution >= 0.6 is 0 Å². The summed E-state index contributed by atoms with van der Waals surface area (Å²) in [5.74, 6) is 0. The van der Waals surface area contributed by atoms with Crippen molar-refractivity contribution in [2.24, 2.45) is 0 Å². The average molecular weight is 139 g/mol. The second kappa shape index (κ2) is 2.51. The molecule has 4 heteroatoms. The number of hydrogen-bond acceptors (Lipinski definition) is 2. The van der Waals surface area contributed by atoms with Crippen LogP contribution in [0, 0.1) is 0 Å². The van der Waals surface area contributed by atoms with E-state index in [0.717, 1.165) is 0 Å². The van der Waals surface area contributed by atoms with Crippen molar-refractivity contribution in [3.63, 3.8) is 0 Å². The molecule has 1 N–H and O–H groups in total. The zero-order valence-electron chi connectivity index (χ0n) is 2.71. The Morgan fingerprint density at radius 1 is 2.00 bits per heavy atom. The van der Waals surface area contributed by atoms with Crippen LogP contribution in [-0.2, 0) is 7.47 Å². The van der Waals surface area contributed by atoms with Crippen LogP contribution in [-0.4, -0.2) is 26.5 Å². The standard InChI is InChI=1S/CH4AsO3/c1-5-2(3)4/h1H3,(H,3,4). The second-order valence-electron chi connectivity index (χ2n) is 0.420. The zero-order valence-corrected chi connectivity index (χ0v) is 4.59. The summed E-state index contributed by atoms with van der Waals surface area (Å²) in [6.45, 7) is 0. The topological polar surface area (TPSA) is 46.5 Å². The third-order valence-electron chi connectivity index (χ3n) is 0.156. The summed E-state index contributed by atoms with van der Waals surface area (Å²) in [6.07, 6.45) is 0. The van der Waals surface area contributed by atoms with Crippen molar-refractivity contribution in [3.05, 3.63) is 0 Å². The summed E-state index contributed by atoms with van der Waals surface area (Å²) in [7, 11) is 1.20. The zero-order chi connectivity index (χ0) is 4.28. The van der Waals surface area contributed by atoms with Crippen LogP contribution in [0.1, 0.15) is 0 Å². The monoisotopic (exact) mass is 139 g/mol. The number of rotatable bonds is 1. The van der Waals surface area contributed by atoms with Gasteiger partial charge in [-0.15, -0.1) is 0 Å². The van der Waals surface area contributed by atoms with Gasteiger partial charge in [0, 0.05) is 0 Å². The van der Waals surface area contributed by atoms with Gasteiger partial charge in [-0.1, -0.05) is 0 Å². The van der Waals surface area contributed by atoms with Crippen LogP contribution in [0.4, 0.5) is 0 Å². The molecule has 0 aliphatic heterocycles. The normalized spacial score (nSPS) is 11.2. The van der Waals surface area contributed by atoms with Gasteiger partial charge in [0.25, 0.3) is 0 Å².